The smallest absolute Gasteiger partial charge is 0.205 e. The lowest BCUT2D eigenvalue weighted by molar-refractivity contribution is 0.0659. The highest BCUT2D eigenvalue weighted by molar-refractivity contribution is 6.59. The summed E-state index contributed by atoms with van der Waals surface area (Å²) in [6, 6.07) is 0. The summed E-state index contributed by atoms with van der Waals surface area (Å²) >= 11 is 0. The van der Waals surface area contributed by atoms with Gasteiger partial charge in [-0.15, -0.1) is 0 Å². The Hall–Kier alpha value is 0.394. The maximum Gasteiger partial charge on any atom is 0.205 e. The first-order valence-corrected chi connectivity index (χ1v) is 9.82. The highest BCUT2D eigenvalue weighted by Crippen LogP contribution is 2.43. The molecule has 0 atom stereocenters. The molecule has 0 rings (SSSR count). The third kappa shape index (κ3) is 3.22. The van der Waals surface area contributed by atoms with Crippen molar-refractivity contribution in [3.05, 3.63) is 0 Å². The Morgan fingerprint density at radius 2 is 1.23 bits per heavy atom. The quantitative estimate of drug-likeness (QED) is 0.653. The lowest BCUT2D eigenvalue weighted by Crippen LogP contribution is -2.46. The number of rotatable bonds is 4. The molecule has 0 aromatic carbocycles. The fraction of sp³-hybridized carbons (Fsp3) is 1.00. The fourth-order valence-corrected chi connectivity index (χ4v) is 3.87. The summed E-state index contributed by atoms with van der Waals surface area (Å²) in [7, 11) is -0.912. The molecule has 1 nitrogen and oxygen atoms in total. The van der Waals surface area contributed by atoms with Crippen LogP contribution < -0.4 is 0 Å². The number of hydrogen-bond donors (Lipinski definition) is 0. The zero-order chi connectivity index (χ0) is 10.9. The second-order valence-electron chi connectivity index (χ2n) is 5.15. The minimum atomic E-state index is -0.591. The number of hydrogen-bond acceptors (Lipinski definition) is 1. The monoisotopic (exact) mass is 216 g/mol. The summed E-state index contributed by atoms with van der Waals surface area (Å²) in [6.45, 7) is 18.3. The van der Waals surface area contributed by atoms with Crippen LogP contribution in [0.25, 0.3) is 0 Å². The van der Waals surface area contributed by atoms with E-state index >= 15 is 0 Å². The van der Waals surface area contributed by atoms with E-state index in [-0.39, 0.29) is 14.4 Å². The molecule has 0 bridgehead atoms. The van der Waals surface area contributed by atoms with E-state index < -0.39 is 9.04 Å². The van der Waals surface area contributed by atoms with Crippen LogP contribution in [0.3, 0.4) is 0 Å². The Balaban J connectivity index is 4.60. The van der Waals surface area contributed by atoms with Gasteiger partial charge in [0.15, 0.2) is 0 Å². The molecule has 0 N–H and O–H groups in total. The van der Waals surface area contributed by atoms with E-state index in [9.17, 15) is 0 Å². The van der Waals surface area contributed by atoms with Crippen molar-refractivity contribution in [1.29, 1.82) is 0 Å². The van der Waals surface area contributed by atoms with Crippen molar-refractivity contribution in [1.82, 2.24) is 0 Å². The predicted molar refractivity (Wildman–Crippen MR) is 64.2 cm³/mol. The van der Waals surface area contributed by atoms with Crippen LogP contribution >= 0.6 is 0 Å². The van der Waals surface area contributed by atoms with Crippen LogP contribution in [0.2, 0.25) is 31.2 Å². The second kappa shape index (κ2) is 4.28. The van der Waals surface area contributed by atoms with Crippen LogP contribution in [0.1, 0.15) is 27.7 Å². The van der Waals surface area contributed by atoms with Gasteiger partial charge in [0.2, 0.25) is 9.04 Å². The largest absolute Gasteiger partial charge is 0.412 e. The summed E-state index contributed by atoms with van der Waals surface area (Å²) in [4.78, 5) is 0. The Morgan fingerprint density at radius 1 is 0.846 bits per heavy atom. The normalized spacial score (nSPS) is 14.3. The summed E-state index contributed by atoms with van der Waals surface area (Å²) in [5.74, 6) is 0. The maximum absolute atomic E-state index is 6.09. The van der Waals surface area contributed by atoms with Crippen LogP contribution in [0.4, 0.5) is 0 Å². The summed E-state index contributed by atoms with van der Waals surface area (Å²) in [6.07, 6.45) is 0. The van der Waals surface area contributed by atoms with Crippen molar-refractivity contribution in [2.75, 3.05) is 0 Å². The summed E-state index contributed by atoms with van der Waals surface area (Å²) in [5, 5.41) is 0.333. The van der Waals surface area contributed by atoms with Crippen LogP contribution in [0.5, 0.6) is 0 Å². The van der Waals surface area contributed by atoms with Gasteiger partial charge in [0.05, 0.1) is 14.4 Å². The molecule has 0 saturated heterocycles. The van der Waals surface area contributed by atoms with Crippen molar-refractivity contribution in [3.8, 4) is 0 Å². The molecule has 0 unspecified atom stereocenters. The first-order chi connectivity index (χ1) is 5.61. The first kappa shape index (κ1) is 13.4. The maximum atomic E-state index is 6.09. The van der Waals surface area contributed by atoms with Gasteiger partial charge in [-0.1, -0.05) is 26.9 Å². The molecule has 13 heavy (non-hydrogen) atoms. The van der Waals surface area contributed by atoms with Gasteiger partial charge in [-0.2, -0.15) is 0 Å². The van der Waals surface area contributed by atoms with E-state index in [1.807, 2.05) is 0 Å². The van der Waals surface area contributed by atoms with Crippen molar-refractivity contribution >= 4 is 17.8 Å². The molecule has 0 saturated carbocycles. The lowest BCUT2D eigenvalue weighted by atomic mass is 9.94. The molecule has 78 valence electrons. The van der Waals surface area contributed by atoms with Gasteiger partial charge >= 0.3 is 0 Å². The summed E-state index contributed by atoms with van der Waals surface area (Å²) in [5.41, 5.74) is 0.0303. The van der Waals surface area contributed by atoms with Crippen LogP contribution in [-0.4, -0.2) is 23.4 Å². The third-order valence-corrected chi connectivity index (χ3v) is 7.24. The predicted octanol–water partition coefficient (Wildman–Crippen LogP) is 3.57. The van der Waals surface area contributed by atoms with Crippen molar-refractivity contribution in [2.24, 2.45) is 0 Å². The van der Waals surface area contributed by atoms with Crippen LogP contribution in [0.15, 0.2) is 0 Å². The van der Waals surface area contributed by atoms with Gasteiger partial charge in [0.25, 0.3) is 0 Å². The molecule has 2 radical (unpaired) electrons. The minimum absolute atomic E-state index is 0.0303. The minimum Gasteiger partial charge on any atom is -0.412 e. The van der Waals surface area contributed by atoms with E-state index in [1.54, 1.807) is 0 Å². The molecule has 0 aliphatic carbocycles. The molecule has 0 amide bonds. The lowest BCUT2D eigenvalue weighted by Gasteiger charge is -2.45. The molecular weight excluding hydrogens is 192 g/mol. The molecule has 3 heteroatoms. The zero-order valence-corrected chi connectivity index (χ0v) is 12.4. The zero-order valence-electron chi connectivity index (χ0n) is 10.4. The van der Waals surface area contributed by atoms with Gasteiger partial charge in [0, 0.05) is 0 Å². The van der Waals surface area contributed by atoms with E-state index in [1.165, 1.54) is 0 Å². The molecule has 0 spiro atoms. The second-order valence-corrected chi connectivity index (χ2v) is 10.4. The molecular formula is C10H24OSi2. The Morgan fingerprint density at radius 3 is 1.46 bits per heavy atom. The van der Waals surface area contributed by atoms with Crippen molar-refractivity contribution in [3.63, 3.8) is 0 Å². The van der Waals surface area contributed by atoms with E-state index in [0.29, 0.717) is 5.04 Å². The third-order valence-electron chi connectivity index (χ3n) is 3.21. The molecule has 0 aromatic rings. The van der Waals surface area contributed by atoms with Crippen molar-refractivity contribution < 1.29 is 4.43 Å². The SMILES string of the molecule is C[Si](C)OC(C)(C)C(C)(C)[Si](C)C. The molecule has 0 aliphatic rings. The van der Waals surface area contributed by atoms with Gasteiger partial charge in [-0.25, -0.2) is 0 Å². The highest BCUT2D eigenvalue weighted by Gasteiger charge is 2.41. The Kier molecular flexibility index (Phi) is 4.41. The molecule has 0 aromatic heterocycles. The molecule has 0 heterocycles. The van der Waals surface area contributed by atoms with Gasteiger partial charge in [-0.05, 0) is 32.0 Å². The first-order valence-electron chi connectivity index (χ1n) is 4.91. The van der Waals surface area contributed by atoms with Crippen LogP contribution in [0, 0.1) is 0 Å². The standard InChI is InChI=1S/C10H24OSi2/c1-9(2,11-13(7)8)10(3,4)12(5)6/h1-8H3. The molecule has 0 aliphatic heterocycles. The fourth-order valence-electron chi connectivity index (χ4n) is 1.24. The van der Waals surface area contributed by atoms with Gasteiger partial charge in [0.1, 0.15) is 0 Å². The van der Waals surface area contributed by atoms with Crippen LogP contribution in [-0.2, 0) is 4.43 Å². The molecule has 0 fully saturated rings. The van der Waals surface area contributed by atoms with Gasteiger partial charge < -0.3 is 4.43 Å². The Bertz CT molecular complexity index is 162. The van der Waals surface area contributed by atoms with E-state index in [0.717, 1.165) is 0 Å². The average Bonchev–Trinajstić information content (AvgIpc) is 1.83. The average molecular weight is 216 g/mol. The highest BCUT2D eigenvalue weighted by atomic mass is 28.3. The summed E-state index contributed by atoms with van der Waals surface area (Å²) < 4.78 is 6.09. The van der Waals surface area contributed by atoms with E-state index in [2.05, 4.69) is 53.9 Å². The topological polar surface area (TPSA) is 9.23 Å². The Labute approximate surface area is 87.2 Å². The van der Waals surface area contributed by atoms with Crippen molar-refractivity contribution in [2.45, 2.75) is 64.5 Å². The van der Waals surface area contributed by atoms with Gasteiger partial charge in [-0.3, -0.25) is 0 Å². The van der Waals surface area contributed by atoms with E-state index in [4.69, 9.17) is 4.43 Å².